The van der Waals surface area contributed by atoms with Gasteiger partial charge in [0.2, 0.25) is 0 Å². The Morgan fingerprint density at radius 1 is 1.09 bits per heavy atom. The monoisotopic (exact) mass is 320 g/mol. The maximum atomic E-state index is 9.92. The number of rotatable bonds is 4. The van der Waals surface area contributed by atoms with Gasteiger partial charge in [0.25, 0.3) is 0 Å². The third kappa shape index (κ3) is 2.76. The third-order valence-corrected chi connectivity index (χ3v) is 6.59. The number of hydrogen-bond donors (Lipinski definition) is 2. The van der Waals surface area contributed by atoms with Crippen LogP contribution in [0, 0.1) is 23.2 Å². The van der Waals surface area contributed by atoms with Crippen LogP contribution >= 0.6 is 0 Å². The smallest absolute Gasteiger partial charge is 0.120 e. The van der Waals surface area contributed by atoms with Crippen LogP contribution in [0.4, 0.5) is 0 Å². The van der Waals surface area contributed by atoms with Crippen molar-refractivity contribution in [2.24, 2.45) is 23.2 Å². The van der Waals surface area contributed by atoms with Crippen molar-refractivity contribution in [3.63, 3.8) is 0 Å². The summed E-state index contributed by atoms with van der Waals surface area (Å²) >= 11 is 0. The maximum Gasteiger partial charge on any atom is 0.120 e. The van der Waals surface area contributed by atoms with Crippen LogP contribution in [0.25, 0.3) is 0 Å². The fourth-order valence-electron chi connectivity index (χ4n) is 5.85. The molecule has 2 N–H and O–H groups in total. The largest absolute Gasteiger partial charge is 1.00 e. The summed E-state index contributed by atoms with van der Waals surface area (Å²) in [5, 5.41) is 13.7. The zero-order valence-corrected chi connectivity index (χ0v) is 14.1. The van der Waals surface area contributed by atoms with E-state index in [2.05, 4.69) is 12.2 Å². The van der Waals surface area contributed by atoms with Crippen LogP contribution in [0.2, 0.25) is 0 Å². The van der Waals surface area contributed by atoms with Gasteiger partial charge in [0.05, 0.1) is 0 Å². The van der Waals surface area contributed by atoms with Crippen molar-refractivity contribution < 1.29 is 17.5 Å². The van der Waals surface area contributed by atoms with Crippen LogP contribution in [0.15, 0.2) is 24.3 Å². The minimum atomic E-state index is 0. The van der Waals surface area contributed by atoms with Crippen molar-refractivity contribution >= 4 is 0 Å². The molecule has 0 aliphatic heterocycles. The Labute approximate surface area is 140 Å². The lowest BCUT2D eigenvalue weighted by Gasteiger charge is -2.59. The molecule has 1 aromatic carbocycles. The van der Waals surface area contributed by atoms with E-state index in [0.717, 1.165) is 29.9 Å². The fraction of sp³-hybridized carbons (Fsp3) is 0.684. The molecule has 5 rings (SSSR count). The molecule has 1 atom stereocenters. The molecule has 4 fully saturated rings. The molecule has 0 amide bonds. The van der Waals surface area contributed by atoms with Gasteiger partial charge in [-0.1, -0.05) is 18.2 Å². The van der Waals surface area contributed by atoms with Gasteiger partial charge in [-0.2, -0.15) is 0 Å². The second-order valence-electron chi connectivity index (χ2n) is 8.01. The highest BCUT2D eigenvalue weighted by atomic mass is 35.5. The Kier molecular flexibility index (Phi) is 4.44. The van der Waals surface area contributed by atoms with Gasteiger partial charge in [0.15, 0.2) is 0 Å². The summed E-state index contributed by atoms with van der Waals surface area (Å²) in [4.78, 5) is 0. The molecule has 4 saturated carbocycles. The number of phenolic OH excluding ortho intramolecular Hbond substituents is 1. The van der Waals surface area contributed by atoms with Gasteiger partial charge >= 0.3 is 0 Å². The predicted octanol–water partition coefficient (Wildman–Crippen LogP) is 1.09. The summed E-state index contributed by atoms with van der Waals surface area (Å²) < 4.78 is 0. The summed E-state index contributed by atoms with van der Waals surface area (Å²) in [7, 11) is 0. The van der Waals surface area contributed by atoms with Crippen molar-refractivity contribution in [1.29, 1.82) is 0 Å². The quantitative estimate of drug-likeness (QED) is 0.870. The van der Waals surface area contributed by atoms with Gasteiger partial charge in [-0.15, -0.1) is 0 Å². The number of hydrogen-bond acceptors (Lipinski definition) is 2. The van der Waals surface area contributed by atoms with E-state index in [-0.39, 0.29) is 12.4 Å². The molecule has 0 aromatic heterocycles. The minimum Gasteiger partial charge on any atom is -1.00 e. The highest BCUT2D eigenvalue weighted by Gasteiger charge is 2.52. The molecule has 1 unspecified atom stereocenters. The molecule has 2 nitrogen and oxygen atoms in total. The molecule has 1 aromatic rings. The first kappa shape index (κ1) is 16.1. The van der Waals surface area contributed by atoms with Crippen molar-refractivity contribution in [1.82, 2.24) is 5.32 Å². The van der Waals surface area contributed by atoms with E-state index in [1.54, 1.807) is 6.07 Å². The van der Waals surface area contributed by atoms with E-state index < -0.39 is 0 Å². The van der Waals surface area contributed by atoms with Gasteiger partial charge in [0.1, 0.15) is 5.75 Å². The van der Waals surface area contributed by atoms with Crippen molar-refractivity contribution in [2.45, 2.75) is 58.0 Å². The number of para-hydroxylation sites is 1. The van der Waals surface area contributed by atoms with Gasteiger partial charge in [-0.3, -0.25) is 0 Å². The summed E-state index contributed by atoms with van der Waals surface area (Å²) in [5.74, 6) is 3.43. The normalized spacial score (nSPS) is 36.9. The molecule has 3 heteroatoms. The molecule has 122 valence electrons. The Balaban J connectivity index is 0.00000144. The third-order valence-electron chi connectivity index (χ3n) is 6.59. The molecule has 0 heterocycles. The molecule has 22 heavy (non-hydrogen) atoms. The molecule has 0 radical (unpaired) electrons. The van der Waals surface area contributed by atoms with E-state index in [0.29, 0.717) is 17.2 Å². The average molecular weight is 321 g/mol. The number of phenols is 1. The van der Waals surface area contributed by atoms with E-state index in [1.807, 2.05) is 18.2 Å². The Morgan fingerprint density at radius 3 is 2.18 bits per heavy atom. The Morgan fingerprint density at radius 2 is 1.64 bits per heavy atom. The number of aromatic hydroxyl groups is 1. The fourth-order valence-corrected chi connectivity index (χ4v) is 5.85. The second-order valence-corrected chi connectivity index (χ2v) is 8.01. The molecule has 4 aliphatic rings. The van der Waals surface area contributed by atoms with Crippen LogP contribution in [0.1, 0.15) is 51.0 Å². The lowest BCUT2D eigenvalue weighted by atomic mass is 9.48. The van der Waals surface area contributed by atoms with Crippen LogP contribution < -0.4 is 17.7 Å². The van der Waals surface area contributed by atoms with Crippen molar-refractivity contribution in [2.75, 3.05) is 0 Å². The average Bonchev–Trinajstić information content (AvgIpc) is 2.44. The molecule has 4 aliphatic carbocycles. The van der Waals surface area contributed by atoms with Crippen molar-refractivity contribution in [3.8, 4) is 5.75 Å². The summed E-state index contributed by atoms with van der Waals surface area (Å²) in [6.07, 6.45) is 8.83. The highest BCUT2D eigenvalue weighted by Crippen LogP contribution is 2.61. The van der Waals surface area contributed by atoms with Gasteiger partial charge in [-0.25, -0.2) is 0 Å². The lowest BCUT2D eigenvalue weighted by Crippen LogP contribution is -3.00. The summed E-state index contributed by atoms with van der Waals surface area (Å²) in [6, 6.07) is 8.26. The Bertz CT molecular complexity index is 495. The van der Waals surface area contributed by atoms with Gasteiger partial charge in [0, 0.05) is 18.2 Å². The molecular formula is C19H27ClNO-. The zero-order valence-electron chi connectivity index (χ0n) is 13.4. The first-order valence-corrected chi connectivity index (χ1v) is 8.65. The molecular weight excluding hydrogens is 294 g/mol. The highest BCUT2D eigenvalue weighted by molar-refractivity contribution is 5.31. The SMILES string of the molecule is CC(NCc1ccccc1O)C12CC3CC(CC(C3)C1)C2.[Cl-]. The zero-order chi connectivity index (χ0) is 14.4. The topological polar surface area (TPSA) is 32.3 Å². The predicted molar refractivity (Wildman–Crippen MR) is 85.0 cm³/mol. The Hall–Kier alpha value is -0.730. The van der Waals surface area contributed by atoms with E-state index in [9.17, 15) is 5.11 Å². The number of benzene rings is 1. The minimum absolute atomic E-state index is 0. The second kappa shape index (κ2) is 6.05. The van der Waals surface area contributed by atoms with Gasteiger partial charge in [-0.05, 0) is 74.7 Å². The van der Waals surface area contributed by atoms with E-state index >= 15 is 0 Å². The van der Waals surface area contributed by atoms with E-state index in [4.69, 9.17) is 0 Å². The van der Waals surface area contributed by atoms with Crippen LogP contribution in [0.3, 0.4) is 0 Å². The molecule has 0 saturated heterocycles. The van der Waals surface area contributed by atoms with Crippen LogP contribution in [0.5, 0.6) is 5.75 Å². The first-order chi connectivity index (χ1) is 10.1. The van der Waals surface area contributed by atoms with Crippen LogP contribution in [-0.2, 0) is 6.54 Å². The lowest BCUT2D eigenvalue weighted by molar-refractivity contribution is -0.0706. The molecule has 4 bridgehead atoms. The summed E-state index contributed by atoms with van der Waals surface area (Å²) in [6.45, 7) is 3.17. The standard InChI is InChI=1S/C19H27NO.ClH/c1-13(20-12-17-4-2-3-5-18(17)21)19-9-14-6-15(10-19)8-16(7-14)11-19;/h2-5,13-16,20-21H,6-12H2,1H3;1H/p-1. The van der Waals surface area contributed by atoms with Gasteiger partial charge < -0.3 is 22.8 Å². The van der Waals surface area contributed by atoms with Crippen molar-refractivity contribution in [3.05, 3.63) is 29.8 Å². The first-order valence-electron chi connectivity index (χ1n) is 8.65. The number of nitrogens with one attached hydrogen (secondary N) is 1. The van der Waals surface area contributed by atoms with Crippen LogP contribution in [-0.4, -0.2) is 11.1 Å². The maximum absolute atomic E-state index is 9.92. The van der Waals surface area contributed by atoms with E-state index in [1.165, 1.54) is 38.5 Å². The summed E-state index contributed by atoms with van der Waals surface area (Å²) in [5.41, 5.74) is 1.56. The number of halogens is 1. The molecule has 0 spiro atoms.